The van der Waals surface area contributed by atoms with Crippen LogP contribution in [-0.2, 0) is 4.74 Å². The van der Waals surface area contributed by atoms with E-state index >= 15 is 0 Å². The van der Waals surface area contributed by atoms with Crippen molar-refractivity contribution in [1.29, 1.82) is 0 Å². The number of rotatable bonds is 1. The first-order chi connectivity index (χ1) is 14.1. The molecule has 0 aliphatic carbocycles. The van der Waals surface area contributed by atoms with Crippen molar-refractivity contribution >= 4 is 52.4 Å². The summed E-state index contributed by atoms with van der Waals surface area (Å²) < 4.78 is 27.8. The molecule has 8 nitrogen and oxygen atoms in total. The van der Waals surface area contributed by atoms with Crippen molar-refractivity contribution in [2.45, 2.75) is 50.6 Å². The molecule has 30 heavy (non-hydrogen) atoms. The Balaban J connectivity index is 1.85. The van der Waals surface area contributed by atoms with E-state index in [2.05, 4.69) is 15.0 Å². The molecule has 4 heterocycles. The number of thioether (sulfide) groups is 1. The number of ether oxygens (including phenoxy) is 2. The Labute approximate surface area is 182 Å². The van der Waals surface area contributed by atoms with Gasteiger partial charge in [0.25, 0.3) is 0 Å². The van der Waals surface area contributed by atoms with Crippen molar-refractivity contribution in [2.75, 3.05) is 24.2 Å². The van der Waals surface area contributed by atoms with Gasteiger partial charge in [0.2, 0.25) is 5.88 Å². The normalized spacial score (nSPS) is 20.9. The molecule has 2 atom stereocenters. The van der Waals surface area contributed by atoms with Gasteiger partial charge in [-0.1, -0.05) is 23.4 Å². The SMILES string of the molecule is CSc1nc2c3c(nc(Cl)c(F)c3n1)OC(C)C1C=[N+](C(=O)OC(C)(C)C)CCN21. The molecule has 0 bridgehead atoms. The zero-order valence-corrected chi connectivity index (χ0v) is 18.8. The van der Waals surface area contributed by atoms with E-state index < -0.39 is 23.6 Å². The summed E-state index contributed by atoms with van der Waals surface area (Å²) >= 11 is 7.30. The Kier molecular flexibility index (Phi) is 5.26. The van der Waals surface area contributed by atoms with Gasteiger partial charge in [-0.2, -0.15) is 9.78 Å². The van der Waals surface area contributed by atoms with Crippen LogP contribution < -0.4 is 9.64 Å². The molecule has 2 aliphatic rings. The van der Waals surface area contributed by atoms with E-state index in [0.717, 1.165) is 0 Å². The number of aromatic nitrogens is 3. The Bertz CT molecular complexity index is 1070. The predicted molar refractivity (Wildman–Crippen MR) is 113 cm³/mol. The summed E-state index contributed by atoms with van der Waals surface area (Å²) in [5.74, 6) is -0.0181. The fourth-order valence-electron chi connectivity index (χ4n) is 3.51. The number of anilines is 1. The number of pyridine rings is 1. The number of halogens is 2. The summed E-state index contributed by atoms with van der Waals surface area (Å²) in [5.41, 5.74) is -0.532. The Morgan fingerprint density at radius 2 is 2.13 bits per heavy atom. The van der Waals surface area contributed by atoms with Gasteiger partial charge in [-0.25, -0.2) is 14.4 Å². The molecular formula is C19H22ClFN5O3S+. The zero-order chi connectivity index (χ0) is 21.8. The average molecular weight is 455 g/mol. The number of amides is 1. The number of hydrogen-bond acceptors (Lipinski definition) is 8. The molecule has 160 valence electrons. The van der Waals surface area contributed by atoms with Crippen LogP contribution in [0, 0.1) is 5.82 Å². The quantitative estimate of drug-likeness (QED) is 0.280. The van der Waals surface area contributed by atoms with Gasteiger partial charge in [-0.3, -0.25) is 0 Å². The maximum Gasteiger partial charge on any atom is 0.596 e. The predicted octanol–water partition coefficient (Wildman–Crippen LogP) is 3.53. The fraction of sp³-hybridized carbons (Fsp3) is 0.526. The van der Waals surface area contributed by atoms with Crippen molar-refractivity contribution in [3.63, 3.8) is 0 Å². The number of nitrogens with zero attached hydrogens (tertiary/aromatic N) is 5. The van der Waals surface area contributed by atoms with Gasteiger partial charge < -0.3 is 14.4 Å². The standard InChI is InChI=1S/C19H22ClFN5O3S/c1-9-10-8-25(18(27)29-19(2,3)4)6-7-26(10)15-11-13(22-17(24-15)30-5)12(21)14(20)23-16(11)28-9/h8-10H,6-7H2,1-5H3/q+1. The lowest BCUT2D eigenvalue weighted by Crippen LogP contribution is -2.54. The zero-order valence-electron chi connectivity index (χ0n) is 17.3. The van der Waals surface area contributed by atoms with E-state index in [-0.39, 0.29) is 22.6 Å². The lowest BCUT2D eigenvalue weighted by atomic mass is 10.1. The number of hydrogen-bond donors (Lipinski definition) is 0. The molecule has 4 rings (SSSR count). The van der Waals surface area contributed by atoms with Crippen LogP contribution >= 0.6 is 23.4 Å². The monoisotopic (exact) mass is 454 g/mol. The minimum Gasteiger partial charge on any atom is -0.471 e. The van der Waals surface area contributed by atoms with Crippen LogP contribution in [0.3, 0.4) is 0 Å². The van der Waals surface area contributed by atoms with E-state index in [9.17, 15) is 9.18 Å². The van der Waals surface area contributed by atoms with E-state index in [1.54, 1.807) is 6.21 Å². The first kappa shape index (κ1) is 21.0. The maximum absolute atomic E-state index is 14.8. The van der Waals surface area contributed by atoms with Crippen LogP contribution in [-0.4, -0.2) is 68.9 Å². The van der Waals surface area contributed by atoms with Gasteiger partial charge in [0.05, 0.1) is 6.54 Å². The number of fused-ring (bicyclic) bond motifs is 2. The van der Waals surface area contributed by atoms with Crippen molar-refractivity contribution < 1.29 is 23.2 Å². The smallest absolute Gasteiger partial charge is 0.471 e. The summed E-state index contributed by atoms with van der Waals surface area (Å²) in [7, 11) is 0. The summed E-state index contributed by atoms with van der Waals surface area (Å²) in [6, 6.07) is -0.352. The second-order valence-electron chi connectivity index (χ2n) is 8.11. The second-order valence-corrected chi connectivity index (χ2v) is 9.24. The van der Waals surface area contributed by atoms with E-state index in [4.69, 9.17) is 21.1 Å². The summed E-state index contributed by atoms with van der Waals surface area (Å²) in [6.07, 6.45) is 2.73. The molecular weight excluding hydrogens is 433 g/mol. The molecule has 0 radical (unpaired) electrons. The molecule has 0 saturated carbocycles. The molecule has 0 aromatic carbocycles. The van der Waals surface area contributed by atoms with Crippen LogP contribution in [0.5, 0.6) is 5.88 Å². The number of carbonyl (C=O) groups excluding carboxylic acids is 1. The van der Waals surface area contributed by atoms with E-state index in [1.165, 1.54) is 16.3 Å². The molecule has 11 heteroatoms. The van der Waals surface area contributed by atoms with Gasteiger partial charge >= 0.3 is 6.09 Å². The highest BCUT2D eigenvalue weighted by atomic mass is 35.5. The molecule has 2 aromatic heterocycles. The second kappa shape index (κ2) is 7.49. The van der Waals surface area contributed by atoms with Crippen LogP contribution in [0.1, 0.15) is 27.7 Å². The summed E-state index contributed by atoms with van der Waals surface area (Å²) in [6.45, 7) is 8.16. The first-order valence-electron chi connectivity index (χ1n) is 9.47. The minimum atomic E-state index is -0.708. The topological polar surface area (TPSA) is 80.5 Å². The van der Waals surface area contributed by atoms with Crippen LogP contribution in [0.2, 0.25) is 5.15 Å². The highest BCUT2D eigenvalue weighted by Crippen LogP contribution is 2.40. The average Bonchev–Trinajstić information content (AvgIpc) is 2.79. The fourth-order valence-corrected chi connectivity index (χ4v) is 4.03. The first-order valence-corrected chi connectivity index (χ1v) is 11.1. The minimum absolute atomic E-state index is 0.0711. The van der Waals surface area contributed by atoms with Crippen molar-refractivity contribution in [2.24, 2.45) is 0 Å². The van der Waals surface area contributed by atoms with Gasteiger partial charge in [0.15, 0.2) is 28.9 Å². The van der Waals surface area contributed by atoms with Crippen molar-refractivity contribution in [3.05, 3.63) is 11.0 Å². The third-order valence-electron chi connectivity index (χ3n) is 4.81. The van der Waals surface area contributed by atoms with Crippen LogP contribution in [0.4, 0.5) is 15.0 Å². The van der Waals surface area contributed by atoms with Gasteiger partial charge in [0, 0.05) is 0 Å². The highest BCUT2D eigenvalue weighted by molar-refractivity contribution is 7.98. The molecule has 2 aliphatic heterocycles. The molecule has 0 spiro atoms. The third-order valence-corrected chi connectivity index (χ3v) is 5.61. The largest absolute Gasteiger partial charge is 0.596 e. The molecule has 0 fully saturated rings. The Morgan fingerprint density at radius 3 is 2.80 bits per heavy atom. The lowest BCUT2D eigenvalue weighted by Gasteiger charge is -2.32. The van der Waals surface area contributed by atoms with Crippen molar-refractivity contribution in [1.82, 2.24) is 15.0 Å². The van der Waals surface area contributed by atoms with Crippen molar-refractivity contribution in [3.8, 4) is 5.88 Å². The van der Waals surface area contributed by atoms with Crippen LogP contribution in [0.25, 0.3) is 10.9 Å². The molecule has 1 amide bonds. The van der Waals surface area contributed by atoms with Gasteiger partial charge in [0.1, 0.15) is 34.5 Å². The molecule has 2 unspecified atom stereocenters. The number of carbonyl (C=O) groups is 1. The van der Waals surface area contributed by atoms with Gasteiger partial charge in [-0.15, -0.1) is 4.58 Å². The van der Waals surface area contributed by atoms with E-state index in [0.29, 0.717) is 29.5 Å². The Morgan fingerprint density at radius 1 is 1.40 bits per heavy atom. The molecule has 0 N–H and O–H groups in total. The van der Waals surface area contributed by atoms with Gasteiger partial charge in [-0.05, 0) is 34.0 Å². The van der Waals surface area contributed by atoms with Crippen LogP contribution in [0.15, 0.2) is 5.16 Å². The Hall–Kier alpha value is -2.20. The summed E-state index contributed by atoms with van der Waals surface area (Å²) in [4.78, 5) is 27.6. The molecule has 0 saturated heterocycles. The summed E-state index contributed by atoms with van der Waals surface area (Å²) in [5, 5.41) is 0.483. The lowest BCUT2D eigenvalue weighted by molar-refractivity contribution is -0.449. The highest BCUT2D eigenvalue weighted by Gasteiger charge is 2.42. The molecule has 2 aromatic rings. The van der Waals surface area contributed by atoms with E-state index in [1.807, 2.05) is 38.9 Å². The third kappa shape index (κ3) is 3.66. The maximum atomic E-state index is 14.8.